The highest BCUT2D eigenvalue weighted by atomic mass is 16.5. The van der Waals surface area contributed by atoms with Gasteiger partial charge in [0.05, 0.1) is 21.3 Å². The first-order valence-electron chi connectivity index (χ1n) is 7.49. The molecule has 118 valence electrons. The maximum Gasteiger partial charge on any atom is 0.203 e. The minimum atomic E-state index is 0.376. The highest BCUT2D eigenvalue weighted by molar-refractivity contribution is 5.54. The van der Waals surface area contributed by atoms with E-state index in [0.717, 1.165) is 44.1 Å². The Morgan fingerprint density at radius 3 is 2.05 bits per heavy atom. The Morgan fingerprint density at radius 1 is 1.05 bits per heavy atom. The molecule has 1 atom stereocenters. The van der Waals surface area contributed by atoms with Crippen LogP contribution in [0.2, 0.25) is 0 Å². The Balaban J connectivity index is 2.36. The first-order chi connectivity index (χ1) is 10.2. The number of rotatable bonds is 6. The third-order valence-electron chi connectivity index (χ3n) is 4.05. The summed E-state index contributed by atoms with van der Waals surface area (Å²) in [6, 6.07) is 4.51. The summed E-state index contributed by atoms with van der Waals surface area (Å²) in [6.07, 6.45) is 1.05. The number of nitrogens with one attached hydrogen (secondary N) is 1. The van der Waals surface area contributed by atoms with E-state index in [1.54, 1.807) is 21.3 Å². The number of hydrogen-bond donors (Lipinski definition) is 1. The molecule has 1 aromatic rings. The van der Waals surface area contributed by atoms with E-state index in [0.29, 0.717) is 11.8 Å². The average Bonchev–Trinajstić information content (AvgIpc) is 2.55. The molecule has 1 aliphatic heterocycles. The summed E-state index contributed by atoms with van der Waals surface area (Å²) in [5, 5.41) is 3.40. The second kappa shape index (κ2) is 7.52. The Bertz CT molecular complexity index is 434. The lowest BCUT2D eigenvalue weighted by Gasteiger charge is -2.35. The van der Waals surface area contributed by atoms with E-state index in [4.69, 9.17) is 14.2 Å². The Labute approximate surface area is 127 Å². The zero-order valence-corrected chi connectivity index (χ0v) is 13.4. The summed E-state index contributed by atoms with van der Waals surface area (Å²) in [5.41, 5.74) is 1.22. The number of ether oxygens (including phenoxy) is 3. The van der Waals surface area contributed by atoms with Crippen molar-refractivity contribution in [1.82, 2.24) is 10.2 Å². The van der Waals surface area contributed by atoms with Gasteiger partial charge in [-0.15, -0.1) is 0 Å². The van der Waals surface area contributed by atoms with Crippen molar-refractivity contribution in [3.63, 3.8) is 0 Å². The summed E-state index contributed by atoms with van der Waals surface area (Å²) in [7, 11) is 4.95. The van der Waals surface area contributed by atoms with Crippen LogP contribution in [-0.4, -0.2) is 52.4 Å². The van der Waals surface area contributed by atoms with Gasteiger partial charge in [-0.2, -0.15) is 0 Å². The molecule has 0 bridgehead atoms. The zero-order valence-electron chi connectivity index (χ0n) is 13.4. The van der Waals surface area contributed by atoms with Gasteiger partial charge < -0.3 is 19.5 Å². The largest absolute Gasteiger partial charge is 0.493 e. The van der Waals surface area contributed by atoms with Crippen LogP contribution in [0.25, 0.3) is 0 Å². The van der Waals surface area contributed by atoms with Crippen LogP contribution in [0.4, 0.5) is 0 Å². The highest BCUT2D eigenvalue weighted by Gasteiger charge is 2.23. The van der Waals surface area contributed by atoms with E-state index in [1.807, 2.05) is 0 Å². The summed E-state index contributed by atoms with van der Waals surface area (Å²) >= 11 is 0. The maximum atomic E-state index is 5.47. The van der Waals surface area contributed by atoms with Crippen LogP contribution in [0.15, 0.2) is 12.1 Å². The third kappa shape index (κ3) is 3.41. The van der Waals surface area contributed by atoms with Crippen LogP contribution in [0.1, 0.15) is 24.9 Å². The van der Waals surface area contributed by atoms with E-state index >= 15 is 0 Å². The molecule has 0 aromatic heterocycles. The van der Waals surface area contributed by atoms with Gasteiger partial charge in [0.15, 0.2) is 11.5 Å². The number of hydrogen-bond acceptors (Lipinski definition) is 5. The molecule has 0 spiro atoms. The van der Waals surface area contributed by atoms with Crippen molar-refractivity contribution in [3.05, 3.63) is 17.7 Å². The molecule has 2 rings (SSSR count). The molecule has 5 nitrogen and oxygen atoms in total. The van der Waals surface area contributed by atoms with Crippen molar-refractivity contribution in [2.24, 2.45) is 0 Å². The lowest BCUT2D eigenvalue weighted by atomic mass is 10.0. The molecule has 1 aromatic carbocycles. The van der Waals surface area contributed by atoms with Crippen LogP contribution in [-0.2, 0) is 0 Å². The van der Waals surface area contributed by atoms with Crippen LogP contribution in [0.5, 0.6) is 17.2 Å². The molecule has 21 heavy (non-hydrogen) atoms. The molecule has 1 fully saturated rings. The van der Waals surface area contributed by atoms with Crippen LogP contribution in [0, 0.1) is 0 Å². The van der Waals surface area contributed by atoms with Crippen molar-refractivity contribution < 1.29 is 14.2 Å². The molecule has 0 aliphatic carbocycles. The monoisotopic (exact) mass is 294 g/mol. The predicted octanol–water partition coefficient (Wildman–Crippen LogP) is 2.07. The van der Waals surface area contributed by atoms with Crippen LogP contribution < -0.4 is 19.5 Å². The molecule has 1 N–H and O–H groups in total. The van der Waals surface area contributed by atoms with Crippen molar-refractivity contribution in [2.75, 3.05) is 47.5 Å². The maximum absolute atomic E-state index is 5.47. The molecular formula is C16H26N2O3. The van der Waals surface area contributed by atoms with E-state index < -0.39 is 0 Å². The molecule has 0 unspecified atom stereocenters. The summed E-state index contributed by atoms with van der Waals surface area (Å²) in [5.74, 6) is 2.10. The van der Waals surface area contributed by atoms with Crippen molar-refractivity contribution in [3.8, 4) is 17.2 Å². The Morgan fingerprint density at radius 2 is 1.62 bits per heavy atom. The Kier molecular flexibility index (Phi) is 5.70. The number of piperazine rings is 1. The molecule has 1 heterocycles. The van der Waals surface area contributed by atoms with Gasteiger partial charge in [0.25, 0.3) is 0 Å². The lowest BCUT2D eigenvalue weighted by molar-refractivity contribution is 0.168. The molecule has 0 radical (unpaired) electrons. The molecule has 1 aliphatic rings. The predicted molar refractivity (Wildman–Crippen MR) is 83.6 cm³/mol. The lowest BCUT2D eigenvalue weighted by Crippen LogP contribution is -2.45. The van der Waals surface area contributed by atoms with Gasteiger partial charge in [-0.1, -0.05) is 6.92 Å². The fourth-order valence-corrected chi connectivity index (χ4v) is 2.99. The SMILES string of the molecule is CC[C@H](c1cc(OC)c(OC)c(OC)c1)N1CCNCC1. The van der Waals surface area contributed by atoms with E-state index in [-0.39, 0.29) is 0 Å². The summed E-state index contributed by atoms with van der Waals surface area (Å²) in [6.45, 7) is 6.43. The van der Waals surface area contributed by atoms with Gasteiger partial charge in [-0.05, 0) is 24.1 Å². The normalized spacial score (nSPS) is 17.3. The fraction of sp³-hybridized carbons (Fsp3) is 0.625. The average molecular weight is 294 g/mol. The number of nitrogens with zero attached hydrogens (tertiary/aromatic N) is 1. The number of benzene rings is 1. The highest BCUT2D eigenvalue weighted by Crippen LogP contribution is 2.41. The topological polar surface area (TPSA) is 43.0 Å². The second-order valence-corrected chi connectivity index (χ2v) is 5.17. The molecule has 0 amide bonds. The van der Waals surface area contributed by atoms with Crippen molar-refractivity contribution in [2.45, 2.75) is 19.4 Å². The van der Waals surface area contributed by atoms with E-state index in [1.165, 1.54) is 5.56 Å². The van der Waals surface area contributed by atoms with E-state index in [9.17, 15) is 0 Å². The van der Waals surface area contributed by atoms with Crippen molar-refractivity contribution in [1.29, 1.82) is 0 Å². The smallest absolute Gasteiger partial charge is 0.203 e. The van der Waals surface area contributed by atoms with Gasteiger partial charge >= 0.3 is 0 Å². The van der Waals surface area contributed by atoms with E-state index in [2.05, 4.69) is 29.3 Å². The minimum absolute atomic E-state index is 0.376. The second-order valence-electron chi connectivity index (χ2n) is 5.17. The third-order valence-corrected chi connectivity index (χ3v) is 4.05. The molecular weight excluding hydrogens is 268 g/mol. The van der Waals surface area contributed by atoms with Crippen molar-refractivity contribution >= 4 is 0 Å². The molecule has 0 saturated carbocycles. The quantitative estimate of drug-likeness (QED) is 0.870. The van der Waals surface area contributed by atoms with Gasteiger partial charge in [0.1, 0.15) is 0 Å². The first kappa shape index (κ1) is 15.9. The first-order valence-corrected chi connectivity index (χ1v) is 7.49. The van der Waals surface area contributed by atoms with Gasteiger partial charge in [-0.3, -0.25) is 4.90 Å². The fourth-order valence-electron chi connectivity index (χ4n) is 2.99. The van der Waals surface area contributed by atoms with Crippen LogP contribution >= 0.6 is 0 Å². The summed E-state index contributed by atoms with van der Waals surface area (Å²) < 4.78 is 16.3. The molecule has 1 saturated heterocycles. The van der Waals surface area contributed by atoms with Gasteiger partial charge in [0.2, 0.25) is 5.75 Å². The standard InChI is InChI=1S/C16H26N2O3/c1-5-13(18-8-6-17-7-9-18)12-10-14(19-2)16(21-4)15(11-12)20-3/h10-11,13,17H,5-9H2,1-4H3/t13-/m1/s1. The number of methoxy groups -OCH3 is 3. The van der Waals surface area contributed by atoms with Gasteiger partial charge in [0, 0.05) is 32.2 Å². The zero-order chi connectivity index (χ0) is 15.2. The van der Waals surface area contributed by atoms with Crippen LogP contribution in [0.3, 0.4) is 0 Å². The summed E-state index contributed by atoms with van der Waals surface area (Å²) in [4.78, 5) is 2.51. The molecule has 5 heteroatoms. The minimum Gasteiger partial charge on any atom is -0.493 e. The van der Waals surface area contributed by atoms with Gasteiger partial charge in [-0.25, -0.2) is 0 Å². The Hall–Kier alpha value is -1.46.